The Morgan fingerprint density at radius 2 is 2.06 bits per heavy atom. The molecule has 0 aliphatic rings. The van der Waals surface area contributed by atoms with E-state index in [1.54, 1.807) is 0 Å². The molecular weight excluding hydrogens is 226 g/mol. The Bertz CT molecular complexity index is 381. The van der Waals surface area contributed by atoms with E-state index in [-0.39, 0.29) is 12.5 Å². The highest BCUT2D eigenvalue weighted by Gasteiger charge is 1.99. The van der Waals surface area contributed by atoms with E-state index in [4.69, 9.17) is 16.3 Å². The number of alkyl halides is 1. The second-order valence-electron chi connectivity index (χ2n) is 2.90. The van der Waals surface area contributed by atoms with Gasteiger partial charge in [-0.15, -0.1) is 11.6 Å². The molecule has 0 fully saturated rings. The number of carbonyl (C=O) groups is 1. The van der Waals surface area contributed by atoms with Crippen molar-refractivity contribution in [1.82, 2.24) is 5.32 Å². The summed E-state index contributed by atoms with van der Waals surface area (Å²) in [6.07, 6.45) is -0.479. The highest BCUT2D eigenvalue weighted by atomic mass is 35.5. The molecule has 0 radical (unpaired) electrons. The number of benzene rings is 1. The van der Waals surface area contributed by atoms with Crippen LogP contribution in [0.1, 0.15) is 5.56 Å². The third kappa shape index (κ3) is 5.28. The molecule has 0 saturated carbocycles. The molecular formula is C12H12ClNO2. The van der Waals surface area contributed by atoms with Gasteiger partial charge in [-0.1, -0.05) is 42.2 Å². The summed E-state index contributed by atoms with van der Waals surface area (Å²) in [5.74, 6) is 5.43. The highest BCUT2D eigenvalue weighted by molar-refractivity contribution is 6.19. The number of halogens is 1. The molecule has 0 bridgehead atoms. The van der Waals surface area contributed by atoms with E-state index in [1.807, 2.05) is 30.3 Å². The van der Waals surface area contributed by atoms with Gasteiger partial charge in [0.05, 0.1) is 5.88 Å². The SMILES string of the molecule is O=C(NCc1ccccc1)OCC#CCCl. The number of rotatable bonds is 3. The Hall–Kier alpha value is -1.66. The van der Waals surface area contributed by atoms with Crippen LogP contribution in [0.2, 0.25) is 0 Å². The van der Waals surface area contributed by atoms with Crippen LogP contribution in [-0.2, 0) is 11.3 Å². The van der Waals surface area contributed by atoms with E-state index in [0.29, 0.717) is 6.54 Å². The predicted octanol–water partition coefficient (Wildman–Crippen LogP) is 2.16. The van der Waals surface area contributed by atoms with Crippen LogP contribution < -0.4 is 5.32 Å². The Labute approximate surface area is 99.7 Å². The van der Waals surface area contributed by atoms with E-state index >= 15 is 0 Å². The molecule has 0 aliphatic carbocycles. The molecule has 0 heterocycles. The third-order valence-corrected chi connectivity index (χ3v) is 1.88. The predicted molar refractivity (Wildman–Crippen MR) is 63.1 cm³/mol. The molecule has 0 unspecified atom stereocenters. The van der Waals surface area contributed by atoms with Crippen molar-refractivity contribution in [3.05, 3.63) is 35.9 Å². The molecule has 0 saturated heterocycles. The van der Waals surface area contributed by atoms with Gasteiger partial charge in [-0.2, -0.15) is 0 Å². The van der Waals surface area contributed by atoms with E-state index in [9.17, 15) is 4.79 Å². The molecule has 16 heavy (non-hydrogen) atoms. The Balaban J connectivity index is 2.20. The normalized spacial score (nSPS) is 8.81. The lowest BCUT2D eigenvalue weighted by atomic mass is 10.2. The van der Waals surface area contributed by atoms with Gasteiger partial charge in [-0.3, -0.25) is 0 Å². The minimum atomic E-state index is -0.479. The van der Waals surface area contributed by atoms with Gasteiger partial charge in [-0.05, 0) is 5.56 Å². The minimum absolute atomic E-state index is 0.0628. The van der Waals surface area contributed by atoms with Crippen LogP contribution in [0.15, 0.2) is 30.3 Å². The van der Waals surface area contributed by atoms with E-state index < -0.39 is 6.09 Å². The van der Waals surface area contributed by atoms with Crippen molar-refractivity contribution in [2.24, 2.45) is 0 Å². The largest absolute Gasteiger partial charge is 0.436 e. The van der Waals surface area contributed by atoms with Crippen LogP contribution in [0, 0.1) is 11.8 Å². The van der Waals surface area contributed by atoms with Crippen molar-refractivity contribution >= 4 is 17.7 Å². The summed E-state index contributed by atoms with van der Waals surface area (Å²) in [5, 5.41) is 2.61. The molecule has 0 aliphatic heterocycles. The van der Waals surface area contributed by atoms with Gasteiger partial charge >= 0.3 is 6.09 Å². The van der Waals surface area contributed by atoms with Gasteiger partial charge in [0.25, 0.3) is 0 Å². The number of hydrogen-bond acceptors (Lipinski definition) is 2. The second-order valence-corrected chi connectivity index (χ2v) is 3.17. The highest BCUT2D eigenvalue weighted by Crippen LogP contribution is 1.97. The maximum Gasteiger partial charge on any atom is 0.408 e. The van der Waals surface area contributed by atoms with Gasteiger partial charge in [0.1, 0.15) is 0 Å². The zero-order valence-corrected chi connectivity index (χ0v) is 9.46. The molecule has 1 aromatic rings. The lowest BCUT2D eigenvalue weighted by molar-refractivity contribution is 0.159. The molecule has 1 amide bonds. The first-order valence-corrected chi connectivity index (χ1v) is 5.32. The van der Waals surface area contributed by atoms with Crippen molar-refractivity contribution in [1.29, 1.82) is 0 Å². The fourth-order valence-corrected chi connectivity index (χ4v) is 1.12. The van der Waals surface area contributed by atoms with Gasteiger partial charge in [0.15, 0.2) is 6.61 Å². The van der Waals surface area contributed by atoms with Crippen molar-refractivity contribution in [3.63, 3.8) is 0 Å². The first-order chi connectivity index (χ1) is 7.83. The fraction of sp³-hybridized carbons (Fsp3) is 0.250. The molecule has 1 N–H and O–H groups in total. The van der Waals surface area contributed by atoms with E-state index in [1.165, 1.54) is 0 Å². The van der Waals surface area contributed by atoms with Gasteiger partial charge in [-0.25, -0.2) is 4.79 Å². The monoisotopic (exact) mass is 237 g/mol. The zero-order valence-electron chi connectivity index (χ0n) is 8.70. The van der Waals surface area contributed by atoms with Crippen LogP contribution in [0.4, 0.5) is 4.79 Å². The topological polar surface area (TPSA) is 38.3 Å². The number of nitrogens with one attached hydrogen (secondary N) is 1. The van der Waals surface area contributed by atoms with Gasteiger partial charge < -0.3 is 10.1 Å². The molecule has 4 heteroatoms. The number of hydrogen-bond donors (Lipinski definition) is 1. The molecule has 1 aromatic carbocycles. The summed E-state index contributed by atoms with van der Waals surface area (Å²) in [6, 6.07) is 9.59. The van der Waals surface area contributed by atoms with Gasteiger partial charge in [0, 0.05) is 6.54 Å². The molecule has 0 spiro atoms. The van der Waals surface area contributed by atoms with Crippen LogP contribution in [0.3, 0.4) is 0 Å². The first kappa shape index (κ1) is 12.4. The smallest absolute Gasteiger partial charge is 0.408 e. The Morgan fingerprint density at radius 1 is 1.31 bits per heavy atom. The minimum Gasteiger partial charge on any atom is -0.436 e. The van der Waals surface area contributed by atoms with Crippen LogP contribution >= 0.6 is 11.6 Å². The fourth-order valence-electron chi connectivity index (χ4n) is 1.02. The maximum absolute atomic E-state index is 11.1. The number of alkyl carbamates (subject to hydrolysis) is 1. The molecule has 84 valence electrons. The Morgan fingerprint density at radius 3 is 2.75 bits per heavy atom. The average Bonchev–Trinajstić information content (AvgIpc) is 2.33. The van der Waals surface area contributed by atoms with E-state index in [2.05, 4.69) is 17.2 Å². The summed E-state index contributed by atoms with van der Waals surface area (Å²) in [7, 11) is 0. The van der Waals surface area contributed by atoms with Crippen molar-refractivity contribution < 1.29 is 9.53 Å². The van der Waals surface area contributed by atoms with Crippen LogP contribution in [0.5, 0.6) is 0 Å². The maximum atomic E-state index is 11.1. The van der Waals surface area contributed by atoms with Crippen LogP contribution in [0.25, 0.3) is 0 Å². The summed E-state index contributed by atoms with van der Waals surface area (Å²) >= 11 is 5.33. The van der Waals surface area contributed by atoms with Crippen LogP contribution in [-0.4, -0.2) is 18.6 Å². The number of carbonyl (C=O) groups excluding carboxylic acids is 1. The third-order valence-electron chi connectivity index (χ3n) is 1.75. The number of amides is 1. The summed E-state index contributed by atoms with van der Waals surface area (Å²) < 4.78 is 4.78. The quantitative estimate of drug-likeness (QED) is 0.646. The molecule has 1 rings (SSSR count). The average molecular weight is 238 g/mol. The molecule has 0 aromatic heterocycles. The van der Waals surface area contributed by atoms with Crippen molar-refractivity contribution in [3.8, 4) is 11.8 Å². The summed E-state index contributed by atoms with van der Waals surface area (Å²) in [6.45, 7) is 0.510. The molecule has 0 atom stereocenters. The summed E-state index contributed by atoms with van der Waals surface area (Å²) in [5.41, 5.74) is 1.02. The Kier molecular flexibility index (Phi) is 5.90. The lowest BCUT2D eigenvalue weighted by Gasteiger charge is -2.04. The van der Waals surface area contributed by atoms with Crippen molar-refractivity contribution in [2.45, 2.75) is 6.54 Å². The summed E-state index contributed by atoms with van der Waals surface area (Å²) in [4.78, 5) is 11.1. The van der Waals surface area contributed by atoms with Gasteiger partial charge in [0.2, 0.25) is 0 Å². The van der Waals surface area contributed by atoms with E-state index in [0.717, 1.165) is 5.56 Å². The standard InChI is InChI=1S/C12H12ClNO2/c13-8-4-5-9-16-12(15)14-10-11-6-2-1-3-7-11/h1-3,6-7H,8-10H2,(H,14,15). The lowest BCUT2D eigenvalue weighted by Crippen LogP contribution is -2.23. The molecule has 3 nitrogen and oxygen atoms in total. The number of ether oxygens (including phenoxy) is 1. The first-order valence-electron chi connectivity index (χ1n) is 4.79. The second kappa shape index (κ2) is 7.61. The van der Waals surface area contributed by atoms with Crippen molar-refractivity contribution in [2.75, 3.05) is 12.5 Å². The zero-order chi connectivity index (χ0) is 11.6.